The first-order chi connectivity index (χ1) is 10.9. The van der Waals surface area contributed by atoms with Crippen molar-refractivity contribution in [2.45, 2.75) is 50.8 Å². The highest BCUT2D eigenvalue weighted by Crippen LogP contribution is 2.56. The maximum absolute atomic E-state index is 10.9. The van der Waals surface area contributed by atoms with E-state index in [9.17, 15) is 15.6 Å². The monoisotopic (exact) mass is 311 g/mol. The van der Waals surface area contributed by atoms with Crippen molar-refractivity contribution in [2.75, 3.05) is 12.0 Å². The number of rotatable bonds is 2. The van der Waals surface area contributed by atoms with Crippen molar-refractivity contribution in [3.05, 3.63) is 23.3 Å². The van der Waals surface area contributed by atoms with Crippen molar-refractivity contribution in [1.82, 2.24) is 0 Å². The van der Waals surface area contributed by atoms with Gasteiger partial charge in [-0.25, -0.2) is 0 Å². The third-order valence-corrected chi connectivity index (χ3v) is 5.19. The molecule has 23 heavy (non-hydrogen) atoms. The van der Waals surface area contributed by atoms with Crippen LogP contribution in [0.15, 0.2) is 12.1 Å². The number of nitrogens with zero attached hydrogens (tertiary/aromatic N) is 3. The number of aliphatic hydroxyl groups excluding tert-OH is 1. The lowest BCUT2D eigenvalue weighted by atomic mass is 9.80. The van der Waals surface area contributed by atoms with Crippen LogP contribution in [-0.4, -0.2) is 24.0 Å². The van der Waals surface area contributed by atoms with Crippen LogP contribution in [-0.2, 0) is 0 Å². The highest BCUT2D eigenvalue weighted by atomic mass is 16.5. The molecule has 3 rings (SSSR count). The van der Waals surface area contributed by atoms with Crippen LogP contribution in [0.2, 0.25) is 0 Å². The Hall–Kier alpha value is -2.24. The second-order valence-corrected chi connectivity index (χ2v) is 7.12. The van der Waals surface area contributed by atoms with E-state index in [2.05, 4.69) is 20.8 Å². The average molecular weight is 311 g/mol. The lowest BCUT2D eigenvalue weighted by Crippen LogP contribution is -2.52. The van der Waals surface area contributed by atoms with Gasteiger partial charge in [-0.05, 0) is 49.4 Å². The first-order valence-corrected chi connectivity index (χ1v) is 7.84. The third kappa shape index (κ3) is 2.08. The van der Waals surface area contributed by atoms with Gasteiger partial charge in [0.1, 0.15) is 17.9 Å². The Morgan fingerprint density at radius 2 is 1.91 bits per heavy atom. The van der Waals surface area contributed by atoms with E-state index in [-0.39, 0.29) is 5.54 Å². The van der Waals surface area contributed by atoms with Gasteiger partial charge in [0.25, 0.3) is 0 Å². The second-order valence-electron chi connectivity index (χ2n) is 7.12. The van der Waals surface area contributed by atoms with E-state index in [1.54, 1.807) is 7.11 Å². The zero-order valence-electron chi connectivity index (χ0n) is 13.9. The summed E-state index contributed by atoms with van der Waals surface area (Å²) in [4.78, 5) is 1.99. The maximum Gasteiger partial charge on any atom is 0.144 e. The molecule has 120 valence electrons. The topological polar surface area (TPSA) is 80.3 Å². The Balaban J connectivity index is 2.29. The van der Waals surface area contributed by atoms with E-state index in [1.165, 1.54) is 0 Å². The van der Waals surface area contributed by atoms with Crippen LogP contribution in [0.5, 0.6) is 5.75 Å². The highest BCUT2D eigenvalue weighted by Gasteiger charge is 2.51. The summed E-state index contributed by atoms with van der Waals surface area (Å²) in [6, 6.07) is 7.95. The largest absolute Gasteiger partial charge is 0.497 e. The summed E-state index contributed by atoms with van der Waals surface area (Å²) in [5, 5.41) is 29.6. The molecule has 0 saturated carbocycles. The molecule has 0 unspecified atom stereocenters. The summed E-state index contributed by atoms with van der Waals surface area (Å²) in [5.74, 6) is -0.408. The van der Waals surface area contributed by atoms with Crippen LogP contribution in [0.1, 0.15) is 50.2 Å². The van der Waals surface area contributed by atoms with Gasteiger partial charge in [0.05, 0.1) is 25.2 Å². The fourth-order valence-corrected chi connectivity index (χ4v) is 4.29. The fourth-order valence-electron chi connectivity index (χ4n) is 4.29. The molecule has 0 aliphatic carbocycles. The summed E-state index contributed by atoms with van der Waals surface area (Å²) in [6.45, 7) is 6.36. The molecule has 2 aliphatic heterocycles. The Morgan fingerprint density at radius 3 is 2.48 bits per heavy atom. The molecule has 5 heteroatoms. The number of methoxy groups -OCH3 is 1. The Labute approximate surface area is 136 Å². The SMILES string of the molecule is COc1cc2c3c(c1)[C@@H](C)CC(C)(C)N3[C@H](O)[C@H]2C(C#N)C#N. The fraction of sp³-hybridized carbons (Fsp3) is 0.556. The standard InChI is InChI=1S/C18H21N3O2/c1-10-7-18(2,3)21-16-13(10)5-12(23-4)6-14(16)15(17(21)22)11(8-19)9-20/h5-6,10-11,15,17,22H,7H2,1-4H3/t10-,15-,17+/m0/s1. The van der Waals surface area contributed by atoms with E-state index in [4.69, 9.17) is 4.74 Å². The molecular weight excluding hydrogens is 290 g/mol. The van der Waals surface area contributed by atoms with Crippen LogP contribution < -0.4 is 9.64 Å². The van der Waals surface area contributed by atoms with Crippen LogP contribution in [0.25, 0.3) is 0 Å². The minimum atomic E-state index is -0.891. The number of nitriles is 2. The van der Waals surface area contributed by atoms with Crippen LogP contribution >= 0.6 is 0 Å². The molecule has 0 radical (unpaired) electrons. The van der Waals surface area contributed by atoms with E-state index in [0.717, 1.165) is 23.2 Å². The van der Waals surface area contributed by atoms with Crippen molar-refractivity contribution in [3.8, 4) is 17.9 Å². The maximum atomic E-state index is 10.9. The summed E-state index contributed by atoms with van der Waals surface area (Å²) in [7, 11) is 1.61. The first kappa shape index (κ1) is 15.6. The van der Waals surface area contributed by atoms with Gasteiger partial charge in [-0.15, -0.1) is 0 Å². The molecule has 1 N–H and O–H groups in total. The van der Waals surface area contributed by atoms with Gasteiger partial charge in [-0.1, -0.05) is 6.92 Å². The number of benzene rings is 1. The van der Waals surface area contributed by atoms with Crippen molar-refractivity contribution >= 4 is 5.69 Å². The Morgan fingerprint density at radius 1 is 1.30 bits per heavy atom. The number of anilines is 1. The van der Waals surface area contributed by atoms with Gasteiger partial charge in [0.2, 0.25) is 0 Å². The van der Waals surface area contributed by atoms with E-state index >= 15 is 0 Å². The first-order valence-electron chi connectivity index (χ1n) is 7.84. The molecule has 1 aromatic carbocycles. The third-order valence-electron chi connectivity index (χ3n) is 5.19. The smallest absolute Gasteiger partial charge is 0.144 e. The van der Waals surface area contributed by atoms with Crippen LogP contribution in [0.3, 0.4) is 0 Å². The highest BCUT2D eigenvalue weighted by molar-refractivity contribution is 5.72. The predicted octanol–water partition coefficient (Wildman–Crippen LogP) is 2.87. The molecule has 0 spiro atoms. The van der Waals surface area contributed by atoms with Crippen LogP contribution in [0.4, 0.5) is 5.69 Å². The van der Waals surface area contributed by atoms with Crippen molar-refractivity contribution < 1.29 is 9.84 Å². The summed E-state index contributed by atoms with van der Waals surface area (Å²) >= 11 is 0. The molecule has 0 aromatic heterocycles. The number of aliphatic hydroxyl groups is 1. The molecular formula is C18H21N3O2. The molecule has 0 fully saturated rings. The predicted molar refractivity (Wildman–Crippen MR) is 86.0 cm³/mol. The number of hydrogen-bond donors (Lipinski definition) is 1. The quantitative estimate of drug-likeness (QED) is 0.908. The minimum absolute atomic E-state index is 0.237. The molecule has 5 nitrogen and oxygen atoms in total. The molecule has 3 atom stereocenters. The zero-order valence-corrected chi connectivity index (χ0v) is 13.9. The summed E-state index contributed by atoms with van der Waals surface area (Å²) in [6.07, 6.45) is 0.0165. The van der Waals surface area contributed by atoms with Gasteiger partial charge >= 0.3 is 0 Å². The van der Waals surface area contributed by atoms with Gasteiger partial charge in [-0.3, -0.25) is 0 Å². The van der Waals surface area contributed by atoms with Gasteiger partial charge < -0.3 is 14.7 Å². The molecule has 0 bridgehead atoms. The molecule has 2 heterocycles. The Bertz CT molecular complexity index is 715. The van der Waals surface area contributed by atoms with Gasteiger partial charge in [0, 0.05) is 11.2 Å². The molecule has 0 amide bonds. The normalized spacial score (nSPS) is 27.3. The lowest BCUT2D eigenvalue weighted by Gasteiger charge is -2.47. The van der Waals surface area contributed by atoms with E-state index < -0.39 is 18.1 Å². The number of hydrogen-bond acceptors (Lipinski definition) is 5. The van der Waals surface area contributed by atoms with Gasteiger partial charge in [0.15, 0.2) is 0 Å². The van der Waals surface area contributed by atoms with E-state index in [1.807, 2.05) is 29.2 Å². The summed E-state index contributed by atoms with van der Waals surface area (Å²) < 4.78 is 5.41. The Kier molecular flexibility index (Phi) is 3.50. The van der Waals surface area contributed by atoms with Crippen LogP contribution in [0, 0.1) is 28.6 Å². The van der Waals surface area contributed by atoms with Crippen molar-refractivity contribution in [1.29, 1.82) is 10.5 Å². The van der Waals surface area contributed by atoms with E-state index in [0.29, 0.717) is 11.7 Å². The zero-order chi connectivity index (χ0) is 16.9. The molecule has 2 aliphatic rings. The van der Waals surface area contributed by atoms with Crippen molar-refractivity contribution in [3.63, 3.8) is 0 Å². The average Bonchev–Trinajstić information content (AvgIpc) is 2.80. The minimum Gasteiger partial charge on any atom is -0.497 e. The number of ether oxygens (including phenoxy) is 1. The second kappa shape index (κ2) is 5.15. The van der Waals surface area contributed by atoms with Gasteiger partial charge in [-0.2, -0.15) is 10.5 Å². The molecule has 0 saturated heterocycles. The molecule has 1 aromatic rings. The lowest BCUT2D eigenvalue weighted by molar-refractivity contribution is 0.113. The van der Waals surface area contributed by atoms with Crippen molar-refractivity contribution in [2.24, 2.45) is 5.92 Å². The summed E-state index contributed by atoms with van der Waals surface area (Å²) in [5.41, 5.74) is 2.70.